The summed E-state index contributed by atoms with van der Waals surface area (Å²) >= 11 is 0. The monoisotopic (exact) mass is 300 g/mol. The molecule has 116 valence electrons. The average molecular weight is 300 g/mol. The molecule has 0 radical (unpaired) electrons. The van der Waals surface area contributed by atoms with E-state index in [1.807, 2.05) is 12.1 Å². The molecule has 0 aliphatic carbocycles. The molecule has 0 atom stereocenters. The minimum atomic E-state index is -0.380. The molecule has 3 saturated heterocycles. The van der Waals surface area contributed by atoms with Crippen molar-refractivity contribution in [2.45, 2.75) is 19.3 Å². The Morgan fingerprint density at radius 3 is 2.59 bits per heavy atom. The van der Waals surface area contributed by atoms with E-state index in [1.54, 1.807) is 12.1 Å². The first-order chi connectivity index (χ1) is 10.7. The van der Waals surface area contributed by atoms with Crippen LogP contribution in [0.4, 0.5) is 4.79 Å². The summed E-state index contributed by atoms with van der Waals surface area (Å²) in [5.74, 6) is 0. The molecule has 6 heteroatoms. The fourth-order valence-electron chi connectivity index (χ4n) is 3.76. The highest BCUT2D eigenvalue weighted by atomic mass is 16.2. The molecule has 3 aliphatic rings. The van der Waals surface area contributed by atoms with Gasteiger partial charge in [-0.25, -0.2) is 14.2 Å². The molecule has 1 aromatic heterocycles. The van der Waals surface area contributed by atoms with Crippen molar-refractivity contribution in [3.63, 3.8) is 0 Å². The highest BCUT2D eigenvalue weighted by molar-refractivity contribution is 5.88. The van der Waals surface area contributed by atoms with Crippen LogP contribution >= 0.6 is 0 Å². The summed E-state index contributed by atoms with van der Waals surface area (Å²) in [6, 6.07) is 6.93. The molecule has 5 rings (SSSR count). The Morgan fingerprint density at radius 1 is 1.18 bits per heavy atom. The van der Waals surface area contributed by atoms with Crippen LogP contribution in [0.15, 0.2) is 29.1 Å². The zero-order chi connectivity index (χ0) is 15.2. The molecule has 3 fully saturated rings. The molecule has 0 unspecified atom stereocenters. The lowest BCUT2D eigenvalue weighted by Gasteiger charge is -2.48. The first kappa shape index (κ1) is 13.6. The second-order valence-corrected chi connectivity index (χ2v) is 6.53. The molecule has 0 saturated carbocycles. The first-order valence-corrected chi connectivity index (χ1v) is 7.87. The zero-order valence-corrected chi connectivity index (χ0v) is 12.5. The van der Waals surface area contributed by atoms with Crippen molar-refractivity contribution in [3.05, 3.63) is 34.7 Å². The number of imidazole rings is 1. The third-order valence-corrected chi connectivity index (χ3v) is 5.28. The van der Waals surface area contributed by atoms with E-state index in [4.69, 9.17) is 0 Å². The molecule has 6 nitrogen and oxygen atoms in total. The van der Waals surface area contributed by atoms with Gasteiger partial charge in [0, 0.05) is 6.54 Å². The van der Waals surface area contributed by atoms with E-state index in [0.717, 1.165) is 38.9 Å². The van der Waals surface area contributed by atoms with Crippen LogP contribution in [-0.4, -0.2) is 46.7 Å². The van der Waals surface area contributed by atoms with Crippen molar-refractivity contribution in [1.29, 1.82) is 0 Å². The van der Waals surface area contributed by atoms with E-state index in [2.05, 4.69) is 15.2 Å². The molecule has 2 N–H and O–H groups in total. The maximum absolute atomic E-state index is 12.5. The molecule has 4 heterocycles. The van der Waals surface area contributed by atoms with Crippen molar-refractivity contribution < 1.29 is 4.79 Å². The predicted molar refractivity (Wildman–Crippen MR) is 84.1 cm³/mol. The number of carbonyl (C=O) groups excluding carboxylic acids is 1. The number of H-pyrrole nitrogens is 1. The number of nitrogens with one attached hydrogen (secondary N) is 2. The van der Waals surface area contributed by atoms with Crippen LogP contribution in [-0.2, 0) is 0 Å². The minimum absolute atomic E-state index is 0.222. The number of carbonyl (C=O) groups is 1. The topological polar surface area (TPSA) is 70.1 Å². The third-order valence-electron chi connectivity index (χ3n) is 5.28. The smallest absolute Gasteiger partial charge is 0.334 e. The van der Waals surface area contributed by atoms with Gasteiger partial charge in [0.25, 0.3) is 0 Å². The summed E-state index contributed by atoms with van der Waals surface area (Å²) in [5, 5.41) is 2.99. The standard InChI is InChI=1S/C16H20N4O2/c21-14(17-11-16-5-8-19(9-6-16)10-7-16)20-13-4-2-1-3-12(13)18-15(20)22/h1-4H,5-11H2,(H,17,21)(H,18,22). The number of aromatic nitrogens is 2. The Kier molecular flexibility index (Phi) is 3.07. The van der Waals surface area contributed by atoms with E-state index in [1.165, 1.54) is 4.57 Å². The molecule has 2 bridgehead atoms. The Labute approximate surface area is 128 Å². The van der Waals surface area contributed by atoms with Gasteiger partial charge in [-0.1, -0.05) is 12.1 Å². The lowest BCUT2D eigenvalue weighted by atomic mass is 9.72. The van der Waals surface area contributed by atoms with Gasteiger partial charge in [0.2, 0.25) is 0 Å². The molecular formula is C16H20N4O2. The van der Waals surface area contributed by atoms with E-state index in [9.17, 15) is 9.59 Å². The fourth-order valence-corrected chi connectivity index (χ4v) is 3.76. The molecule has 0 spiro atoms. The van der Waals surface area contributed by atoms with E-state index in [0.29, 0.717) is 17.6 Å². The average Bonchev–Trinajstić information content (AvgIpc) is 2.90. The van der Waals surface area contributed by atoms with Gasteiger partial charge in [-0.05, 0) is 56.4 Å². The van der Waals surface area contributed by atoms with Crippen LogP contribution in [0.3, 0.4) is 0 Å². The SMILES string of the molecule is O=C(NCC12CCN(CC1)CC2)n1c(=O)[nH]c2ccccc21. The summed E-state index contributed by atoms with van der Waals surface area (Å²) < 4.78 is 1.20. The Balaban J connectivity index is 1.54. The van der Waals surface area contributed by atoms with E-state index >= 15 is 0 Å². The van der Waals surface area contributed by atoms with Gasteiger partial charge in [0.05, 0.1) is 11.0 Å². The second-order valence-electron chi connectivity index (χ2n) is 6.53. The number of piperidine rings is 3. The maximum Gasteiger partial charge on any atom is 0.334 e. The largest absolute Gasteiger partial charge is 0.337 e. The number of hydrogen-bond donors (Lipinski definition) is 2. The summed E-state index contributed by atoms with van der Waals surface area (Å²) in [4.78, 5) is 29.7. The zero-order valence-electron chi connectivity index (χ0n) is 12.5. The number of amides is 1. The van der Waals surface area contributed by atoms with Crippen LogP contribution in [0.25, 0.3) is 11.0 Å². The van der Waals surface area contributed by atoms with Crippen molar-refractivity contribution in [1.82, 2.24) is 19.8 Å². The van der Waals surface area contributed by atoms with Gasteiger partial charge in [-0.15, -0.1) is 0 Å². The molecule has 3 aliphatic heterocycles. The first-order valence-electron chi connectivity index (χ1n) is 7.87. The van der Waals surface area contributed by atoms with Gasteiger partial charge >= 0.3 is 11.7 Å². The number of fused-ring (bicyclic) bond motifs is 4. The maximum atomic E-state index is 12.5. The highest BCUT2D eigenvalue weighted by Gasteiger charge is 2.39. The number of para-hydroxylation sites is 2. The summed E-state index contributed by atoms with van der Waals surface area (Å²) in [5.41, 5.74) is 1.16. The Morgan fingerprint density at radius 2 is 1.86 bits per heavy atom. The van der Waals surface area contributed by atoms with Crippen molar-refractivity contribution >= 4 is 17.1 Å². The van der Waals surface area contributed by atoms with Gasteiger partial charge in [-0.3, -0.25) is 0 Å². The van der Waals surface area contributed by atoms with Crippen molar-refractivity contribution in [3.8, 4) is 0 Å². The Bertz CT molecular complexity index is 754. The second kappa shape index (κ2) is 4.98. The number of benzene rings is 1. The highest BCUT2D eigenvalue weighted by Crippen LogP contribution is 2.39. The van der Waals surface area contributed by atoms with Crippen LogP contribution in [0.5, 0.6) is 0 Å². The lowest BCUT2D eigenvalue weighted by molar-refractivity contribution is 0.0285. The van der Waals surface area contributed by atoms with Crippen molar-refractivity contribution in [2.75, 3.05) is 26.2 Å². The summed E-state index contributed by atoms with van der Waals surface area (Å²) in [6.45, 7) is 4.04. The number of aromatic amines is 1. The van der Waals surface area contributed by atoms with Crippen LogP contribution in [0.1, 0.15) is 19.3 Å². The number of nitrogens with zero attached hydrogens (tertiary/aromatic N) is 2. The molecule has 1 aromatic carbocycles. The Hall–Kier alpha value is -2.08. The molecule has 22 heavy (non-hydrogen) atoms. The van der Waals surface area contributed by atoms with Crippen molar-refractivity contribution in [2.24, 2.45) is 5.41 Å². The van der Waals surface area contributed by atoms with Crippen LogP contribution < -0.4 is 11.0 Å². The van der Waals surface area contributed by atoms with Gasteiger partial charge < -0.3 is 15.2 Å². The predicted octanol–water partition coefficient (Wildman–Crippen LogP) is 1.37. The van der Waals surface area contributed by atoms with E-state index in [-0.39, 0.29) is 17.1 Å². The van der Waals surface area contributed by atoms with Crippen LogP contribution in [0, 0.1) is 5.41 Å². The normalized spacial score (nSPS) is 27.2. The minimum Gasteiger partial charge on any atom is -0.337 e. The lowest BCUT2D eigenvalue weighted by Crippen LogP contribution is -2.53. The van der Waals surface area contributed by atoms with Gasteiger partial charge in [-0.2, -0.15) is 0 Å². The van der Waals surface area contributed by atoms with Crippen LogP contribution in [0.2, 0.25) is 0 Å². The molecule has 1 amide bonds. The number of rotatable bonds is 2. The van der Waals surface area contributed by atoms with E-state index < -0.39 is 0 Å². The van der Waals surface area contributed by atoms with Gasteiger partial charge in [0.1, 0.15) is 0 Å². The summed E-state index contributed by atoms with van der Waals surface area (Å²) in [6.07, 6.45) is 3.40. The third kappa shape index (κ3) is 2.14. The molecular weight excluding hydrogens is 280 g/mol. The molecule has 2 aromatic rings. The quantitative estimate of drug-likeness (QED) is 0.880. The number of hydrogen-bond acceptors (Lipinski definition) is 3. The van der Waals surface area contributed by atoms with Gasteiger partial charge in [0.15, 0.2) is 0 Å². The summed E-state index contributed by atoms with van der Waals surface area (Å²) in [7, 11) is 0. The fraction of sp³-hybridized carbons (Fsp3) is 0.500.